The molecular weight excluding hydrogens is 358 g/mol. The van der Waals surface area contributed by atoms with Gasteiger partial charge in [0.1, 0.15) is 6.04 Å². The van der Waals surface area contributed by atoms with Gasteiger partial charge in [-0.1, -0.05) is 26.0 Å². The maximum absolute atomic E-state index is 13.1. The first-order chi connectivity index (χ1) is 13.0. The van der Waals surface area contributed by atoms with E-state index >= 15 is 0 Å². The molecule has 1 aliphatic carbocycles. The summed E-state index contributed by atoms with van der Waals surface area (Å²) in [5, 5.41) is 10.1. The van der Waals surface area contributed by atoms with Gasteiger partial charge in [0, 0.05) is 23.9 Å². The molecule has 0 spiro atoms. The number of fused-ring (bicyclic) bond motifs is 1. The first kappa shape index (κ1) is 16.4. The standard InChI is InChI=1S/C20H19N5OS/c1-20(2)10-13-16(14(26)11-20)17(12-6-3-4-8-21-12)25-19(22-13)23-18(24-25)15-7-5-9-27-15/h3-9,17H,10-11H2,1-2H3,(H,22,23,24). The Morgan fingerprint density at radius 1 is 1.22 bits per heavy atom. The number of hydrogen-bond donors (Lipinski definition) is 1. The third kappa shape index (κ3) is 2.70. The minimum Gasteiger partial charge on any atom is -0.328 e. The molecule has 0 saturated carbocycles. The summed E-state index contributed by atoms with van der Waals surface area (Å²) in [5.41, 5.74) is 2.45. The van der Waals surface area contributed by atoms with E-state index in [9.17, 15) is 4.79 Å². The number of nitrogens with one attached hydrogen (secondary N) is 1. The summed E-state index contributed by atoms with van der Waals surface area (Å²) >= 11 is 1.60. The smallest absolute Gasteiger partial charge is 0.227 e. The van der Waals surface area contributed by atoms with Crippen LogP contribution in [0.3, 0.4) is 0 Å². The molecule has 7 heteroatoms. The second-order valence-corrected chi connectivity index (χ2v) is 8.74. The molecule has 0 bridgehead atoms. The summed E-state index contributed by atoms with van der Waals surface area (Å²) in [6.45, 7) is 4.26. The Balaban J connectivity index is 1.70. The quantitative estimate of drug-likeness (QED) is 0.729. The van der Waals surface area contributed by atoms with Crippen molar-refractivity contribution < 1.29 is 4.79 Å². The minimum absolute atomic E-state index is 0.0731. The molecule has 3 aromatic rings. The molecule has 27 heavy (non-hydrogen) atoms. The van der Waals surface area contributed by atoms with E-state index in [1.165, 1.54) is 0 Å². The van der Waals surface area contributed by atoms with Crippen LogP contribution in [0, 0.1) is 5.41 Å². The molecule has 136 valence electrons. The number of aromatic nitrogens is 4. The Bertz CT molecular complexity index is 1050. The molecule has 0 fully saturated rings. The Labute approximate surface area is 161 Å². The zero-order valence-electron chi connectivity index (χ0n) is 15.1. The van der Waals surface area contributed by atoms with E-state index in [-0.39, 0.29) is 17.2 Å². The maximum atomic E-state index is 13.1. The highest BCUT2D eigenvalue weighted by Crippen LogP contribution is 2.45. The number of thiophene rings is 1. The third-order valence-corrected chi connectivity index (χ3v) is 5.91. The van der Waals surface area contributed by atoms with Gasteiger partial charge in [0.05, 0.1) is 10.6 Å². The molecule has 1 aliphatic heterocycles. The van der Waals surface area contributed by atoms with Crippen LogP contribution in [0.2, 0.25) is 0 Å². The predicted octanol–water partition coefficient (Wildman–Crippen LogP) is 4.06. The topological polar surface area (TPSA) is 72.7 Å². The average molecular weight is 377 g/mol. The zero-order valence-corrected chi connectivity index (χ0v) is 16.0. The highest BCUT2D eigenvalue weighted by Gasteiger charge is 2.42. The van der Waals surface area contributed by atoms with Gasteiger partial charge in [0.2, 0.25) is 5.95 Å². The van der Waals surface area contributed by atoms with Crippen LogP contribution in [0.1, 0.15) is 38.4 Å². The Kier molecular flexibility index (Phi) is 3.55. The van der Waals surface area contributed by atoms with Crippen LogP contribution < -0.4 is 5.32 Å². The monoisotopic (exact) mass is 377 g/mol. The minimum atomic E-state index is -0.345. The molecule has 1 unspecified atom stereocenters. The summed E-state index contributed by atoms with van der Waals surface area (Å²) in [4.78, 5) is 23.3. The van der Waals surface area contributed by atoms with Crippen molar-refractivity contribution in [3.05, 3.63) is 58.9 Å². The maximum Gasteiger partial charge on any atom is 0.227 e. The van der Waals surface area contributed by atoms with Crippen molar-refractivity contribution in [3.8, 4) is 10.7 Å². The van der Waals surface area contributed by atoms with Crippen LogP contribution >= 0.6 is 11.3 Å². The van der Waals surface area contributed by atoms with E-state index < -0.39 is 0 Å². The molecule has 0 radical (unpaired) electrons. The number of anilines is 1. The number of Topliss-reactive ketones (excluding diaryl/α,β-unsaturated/α-hetero) is 1. The molecule has 2 aliphatic rings. The first-order valence-electron chi connectivity index (χ1n) is 8.96. The van der Waals surface area contributed by atoms with E-state index in [4.69, 9.17) is 10.1 Å². The highest BCUT2D eigenvalue weighted by atomic mass is 32.1. The summed E-state index contributed by atoms with van der Waals surface area (Å²) in [6, 6.07) is 9.41. The normalized spacial score (nSPS) is 20.8. The number of rotatable bonds is 2. The number of carbonyl (C=O) groups is 1. The van der Waals surface area contributed by atoms with Gasteiger partial charge in [0.15, 0.2) is 11.6 Å². The molecule has 4 heterocycles. The lowest BCUT2D eigenvalue weighted by atomic mass is 9.73. The second-order valence-electron chi connectivity index (χ2n) is 7.80. The second kappa shape index (κ2) is 5.85. The summed E-state index contributed by atoms with van der Waals surface area (Å²) in [5.74, 6) is 1.49. The van der Waals surface area contributed by atoms with E-state index in [0.717, 1.165) is 28.3 Å². The highest BCUT2D eigenvalue weighted by molar-refractivity contribution is 7.13. The van der Waals surface area contributed by atoms with Crippen molar-refractivity contribution in [2.45, 2.75) is 32.7 Å². The third-order valence-electron chi connectivity index (χ3n) is 5.04. The lowest BCUT2D eigenvalue weighted by molar-refractivity contribution is -0.118. The molecule has 5 rings (SSSR count). The molecule has 0 amide bonds. The van der Waals surface area contributed by atoms with Gasteiger partial charge in [-0.3, -0.25) is 9.78 Å². The fraction of sp³-hybridized carbons (Fsp3) is 0.300. The lowest BCUT2D eigenvalue weighted by Crippen LogP contribution is -2.36. The molecule has 0 saturated heterocycles. The van der Waals surface area contributed by atoms with Gasteiger partial charge in [-0.25, -0.2) is 4.68 Å². The van der Waals surface area contributed by atoms with Crippen molar-refractivity contribution >= 4 is 23.1 Å². The van der Waals surface area contributed by atoms with Gasteiger partial charge in [-0.2, -0.15) is 4.98 Å². The van der Waals surface area contributed by atoms with Crippen LogP contribution in [0.4, 0.5) is 5.95 Å². The van der Waals surface area contributed by atoms with Crippen LogP contribution in [0.5, 0.6) is 0 Å². The number of pyridine rings is 1. The summed E-state index contributed by atoms with van der Waals surface area (Å²) < 4.78 is 1.81. The van der Waals surface area contributed by atoms with Crippen LogP contribution in [0.15, 0.2) is 53.2 Å². The van der Waals surface area contributed by atoms with Crippen LogP contribution in [-0.2, 0) is 4.79 Å². The van der Waals surface area contributed by atoms with Gasteiger partial charge in [-0.15, -0.1) is 16.4 Å². The molecule has 1 N–H and O–H groups in total. The van der Waals surface area contributed by atoms with Gasteiger partial charge in [0.25, 0.3) is 0 Å². The largest absolute Gasteiger partial charge is 0.328 e. The Morgan fingerprint density at radius 3 is 2.85 bits per heavy atom. The molecule has 1 atom stereocenters. The van der Waals surface area contributed by atoms with E-state index in [1.54, 1.807) is 17.5 Å². The van der Waals surface area contributed by atoms with Gasteiger partial charge in [-0.05, 0) is 35.4 Å². The molecule has 3 aromatic heterocycles. The van der Waals surface area contributed by atoms with E-state index in [2.05, 4.69) is 24.1 Å². The number of hydrogen-bond acceptors (Lipinski definition) is 6. The number of nitrogens with zero attached hydrogens (tertiary/aromatic N) is 4. The van der Waals surface area contributed by atoms with E-state index in [1.807, 2.05) is 40.4 Å². The Morgan fingerprint density at radius 2 is 2.11 bits per heavy atom. The van der Waals surface area contributed by atoms with Crippen molar-refractivity contribution in [2.75, 3.05) is 5.32 Å². The zero-order chi connectivity index (χ0) is 18.6. The van der Waals surface area contributed by atoms with Crippen molar-refractivity contribution in [3.63, 3.8) is 0 Å². The van der Waals surface area contributed by atoms with Crippen molar-refractivity contribution in [2.24, 2.45) is 5.41 Å². The fourth-order valence-corrected chi connectivity index (χ4v) is 4.58. The average Bonchev–Trinajstić information content (AvgIpc) is 3.29. The summed E-state index contributed by atoms with van der Waals surface area (Å²) in [7, 11) is 0. The SMILES string of the molecule is CC1(C)CC(=O)C2=C(C1)Nc1nc(-c3cccs3)nn1C2c1ccccn1. The molecule has 0 aromatic carbocycles. The Hall–Kier alpha value is -2.80. The predicted molar refractivity (Wildman–Crippen MR) is 104 cm³/mol. The van der Waals surface area contributed by atoms with Crippen LogP contribution in [-0.4, -0.2) is 25.5 Å². The van der Waals surface area contributed by atoms with Gasteiger partial charge < -0.3 is 5.32 Å². The number of carbonyl (C=O) groups excluding carboxylic acids is 1. The first-order valence-corrected chi connectivity index (χ1v) is 9.84. The van der Waals surface area contributed by atoms with Crippen LogP contribution in [0.25, 0.3) is 10.7 Å². The van der Waals surface area contributed by atoms with E-state index in [0.29, 0.717) is 18.2 Å². The summed E-state index contributed by atoms with van der Waals surface area (Å²) in [6.07, 6.45) is 3.09. The van der Waals surface area contributed by atoms with Crippen molar-refractivity contribution in [1.82, 2.24) is 19.7 Å². The number of ketones is 1. The number of allylic oxidation sites excluding steroid dienone is 2. The lowest BCUT2D eigenvalue weighted by Gasteiger charge is -2.37. The molecular formula is C20H19N5OS. The fourth-order valence-electron chi connectivity index (χ4n) is 3.93. The van der Waals surface area contributed by atoms with Crippen molar-refractivity contribution in [1.29, 1.82) is 0 Å². The molecule has 6 nitrogen and oxygen atoms in total. The van der Waals surface area contributed by atoms with Gasteiger partial charge >= 0.3 is 0 Å².